The van der Waals surface area contributed by atoms with Crippen molar-refractivity contribution in [2.24, 2.45) is 0 Å². The Morgan fingerprint density at radius 1 is 0.793 bits per heavy atom. The zero-order valence-electron chi connectivity index (χ0n) is 16.9. The van der Waals surface area contributed by atoms with E-state index < -0.39 is 0 Å². The van der Waals surface area contributed by atoms with Gasteiger partial charge in [-0.15, -0.1) is 0 Å². The summed E-state index contributed by atoms with van der Waals surface area (Å²) in [6.07, 6.45) is 5.29. The third-order valence-electron chi connectivity index (χ3n) is 3.65. The van der Waals surface area contributed by atoms with Gasteiger partial charge < -0.3 is 19.7 Å². The van der Waals surface area contributed by atoms with Crippen molar-refractivity contribution in [1.29, 1.82) is 0 Å². The Morgan fingerprint density at radius 3 is 1.52 bits per heavy atom. The molecule has 0 fully saturated rings. The molecule has 0 saturated heterocycles. The first-order valence-electron chi connectivity index (χ1n) is 8.05. The maximum atomic E-state index is 11.9. The van der Waals surface area contributed by atoms with Gasteiger partial charge in [-0.3, -0.25) is 9.59 Å². The van der Waals surface area contributed by atoms with Crippen molar-refractivity contribution in [2.75, 3.05) is 14.2 Å². The third kappa shape index (κ3) is 8.78. The van der Waals surface area contributed by atoms with Gasteiger partial charge in [-0.2, -0.15) is 0 Å². The van der Waals surface area contributed by atoms with E-state index in [1.807, 2.05) is 0 Å². The second kappa shape index (κ2) is 13.6. The molecule has 0 radical (unpaired) electrons. The average molecular weight is 412 g/mol. The van der Waals surface area contributed by atoms with E-state index in [1.54, 1.807) is 12.1 Å². The van der Waals surface area contributed by atoms with Crippen LogP contribution < -0.4 is 78.8 Å². The van der Waals surface area contributed by atoms with Crippen LogP contribution in [0.3, 0.4) is 0 Å². The van der Waals surface area contributed by atoms with Gasteiger partial charge >= 0.3 is 59.1 Å². The standard InChI is InChI=1S/C21H20O6.2Na/c1-26-20-11-14(5-9-18(20)24)3-7-16(22)13-17(23)8-4-15-6-10-19(25)21(12-15)27-2;;/h3-12,24-25H,13H2,1-2H3;;/q;2*+1/p-2/b7-3-,8-4+;;. The van der Waals surface area contributed by atoms with Crippen LogP contribution in [0.5, 0.6) is 23.0 Å². The largest absolute Gasteiger partial charge is 1.00 e. The van der Waals surface area contributed by atoms with Crippen molar-refractivity contribution in [3.8, 4) is 23.0 Å². The molecule has 140 valence electrons. The predicted molar refractivity (Wildman–Crippen MR) is 97.6 cm³/mol. The molecule has 0 heterocycles. The monoisotopic (exact) mass is 412 g/mol. The molecule has 0 aliphatic heterocycles. The van der Waals surface area contributed by atoms with Crippen molar-refractivity contribution in [1.82, 2.24) is 0 Å². The second-order valence-electron chi connectivity index (χ2n) is 5.60. The number of hydrogen-bond donors (Lipinski definition) is 0. The molecule has 0 atom stereocenters. The summed E-state index contributed by atoms with van der Waals surface area (Å²) in [5.74, 6) is -0.873. The fourth-order valence-corrected chi connectivity index (χ4v) is 2.24. The summed E-state index contributed by atoms with van der Waals surface area (Å²) in [6.45, 7) is 0. The van der Waals surface area contributed by atoms with E-state index in [0.717, 1.165) is 0 Å². The first kappa shape index (κ1) is 27.5. The minimum absolute atomic E-state index is 0. The molecule has 2 rings (SSSR count). The minimum atomic E-state index is -0.373. The average Bonchev–Trinajstić information content (AvgIpc) is 2.66. The van der Waals surface area contributed by atoms with E-state index in [-0.39, 0.29) is 100 Å². The van der Waals surface area contributed by atoms with Gasteiger partial charge in [-0.1, -0.05) is 47.9 Å². The number of hydrogen-bond acceptors (Lipinski definition) is 6. The van der Waals surface area contributed by atoms with E-state index >= 15 is 0 Å². The van der Waals surface area contributed by atoms with E-state index in [2.05, 4.69) is 0 Å². The van der Waals surface area contributed by atoms with Crippen LogP contribution >= 0.6 is 0 Å². The molecule has 2 aromatic rings. The molecule has 0 spiro atoms. The van der Waals surface area contributed by atoms with Gasteiger partial charge in [0.15, 0.2) is 11.6 Å². The van der Waals surface area contributed by atoms with Crippen LogP contribution in [0.2, 0.25) is 0 Å². The number of carbonyl (C=O) groups excluding carboxylic acids is 2. The summed E-state index contributed by atoms with van der Waals surface area (Å²) in [7, 11) is 2.78. The fraction of sp³-hybridized carbons (Fsp3) is 0.143. The Morgan fingerprint density at radius 2 is 1.17 bits per heavy atom. The molecule has 0 amide bonds. The molecular weight excluding hydrogens is 394 g/mol. The van der Waals surface area contributed by atoms with Crippen LogP contribution in [0.1, 0.15) is 17.5 Å². The number of ether oxygens (including phenoxy) is 2. The maximum Gasteiger partial charge on any atom is 1.00 e. The van der Waals surface area contributed by atoms with Crippen molar-refractivity contribution in [3.05, 3.63) is 59.7 Å². The van der Waals surface area contributed by atoms with Gasteiger partial charge in [0.05, 0.1) is 20.6 Å². The summed E-state index contributed by atoms with van der Waals surface area (Å²) in [4.78, 5) is 23.8. The van der Waals surface area contributed by atoms with Gasteiger partial charge in [-0.05, 0) is 35.4 Å². The summed E-state index contributed by atoms with van der Waals surface area (Å²) < 4.78 is 9.86. The predicted octanol–water partition coefficient (Wildman–Crippen LogP) is -3.89. The molecule has 2 aromatic carbocycles. The third-order valence-corrected chi connectivity index (χ3v) is 3.65. The van der Waals surface area contributed by atoms with Crippen molar-refractivity contribution >= 4 is 23.7 Å². The Labute approximate surface area is 213 Å². The molecule has 0 aliphatic rings. The van der Waals surface area contributed by atoms with Crippen LogP contribution in [-0.2, 0) is 9.59 Å². The van der Waals surface area contributed by atoms with Crippen LogP contribution in [0.25, 0.3) is 12.2 Å². The number of rotatable bonds is 8. The number of benzene rings is 2. The summed E-state index contributed by atoms with van der Waals surface area (Å²) in [5, 5.41) is 22.9. The molecule has 6 nitrogen and oxygen atoms in total. The Bertz CT molecular complexity index is 833. The smallest absolute Gasteiger partial charge is 0.870 e. The summed E-state index contributed by atoms with van der Waals surface area (Å²) >= 11 is 0. The molecule has 0 aliphatic carbocycles. The minimum Gasteiger partial charge on any atom is -0.870 e. The van der Waals surface area contributed by atoms with Gasteiger partial charge in [0.2, 0.25) is 0 Å². The Kier molecular flexibility index (Phi) is 12.9. The molecule has 0 aromatic heterocycles. The summed E-state index contributed by atoms with van der Waals surface area (Å²) in [6, 6.07) is 8.84. The normalized spacial score (nSPS) is 10.3. The Hall–Kier alpha value is -1.54. The second-order valence-corrected chi connectivity index (χ2v) is 5.60. The molecule has 0 N–H and O–H groups in total. The molecule has 29 heavy (non-hydrogen) atoms. The molecule has 0 unspecified atom stereocenters. The van der Waals surface area contributed by atoms with Crippen molar-refractivity contribution in [2.45, 2.75) is 6.42 Å². The zero-order valence-corrected chi connectivity index (χ0v) is 20.9. The van der Waals surface area contributed by atoms with E-state index in [0.29, 0.717) is 11.1 Å². The van der Waals surface area contributed by atoms with E-state index in [4.69, 9.17) is 9.47 Å². The van der Waals surface area contributed by atoms with Crippen LogP contribution in [0.15, 0.2) is 48.6 Å². The molecular formula is C21H18Na2O6. The number of ketones is 2. The first-order valence-corrected chi connectivity index (χ1v) is 8.05. The van der Waals surface area contributed by atoms with Gasteiger partial charge in [0, 0.05) is 0 Å². The van der Waals surface area contributed by atoms with Gasteiger partial charge in [0.1, 0.15) is 11.5 Å². The molecule has 8 heteroatoms. The maximum absolute atomic E-state index is 11.9. The quantitative estimate of drug-likeness (QED) is 0.250. The topological polar surface area (TPSA) is 98.7 Å². The fourth-order valence-electron chi connectivity index (χ4n) is 2.24. The van der Waals surface area contributed by atoms with Crippen LogP contribution in [-0.4, -0.2) is 25.8 Å². The molecule has 0 bridgehead atoms. The Balaban J connectivity index is 0.00000392. The van der Waals surface area contributed by atoms with Crippen molar-refractivity contribution in [3.63, 3.8) is 0 Å². The van der Waals surface area contributed by atoms with E-state index in [1.165, 1.54) is 62.8 Å². The van der Waals surface area contributed by atoms with Gasteiger partial charge in [0.25, 0.3) is 0 Å². The molecule has 0 saturated carbocycles. The van der Waals surface area contributed by atoms with Crippen LogP contribution in [0, 0.1) is 0 Å². The SMILES string of the molecule is COc1cc(/C=C\C(=O)CC(=O)/C=C/c2ccc([O-])c(OC)c2)ccc1[O-].[Na+].[Na+]. The van der Waals surface area contributed by atoms with Gasteiger partial charge in [-0.25, -0.2) is 0 Å². The number of methoxy groups -OCH3 is 2. The zero-order chi connectivity index (χ0) is 19.8. The van der Waals surface area contributed by atoms with Crippen LogP contribution in [0.4, 0.5) is 0 Å². The summed E-state index contributed by atoms with van der Waals surface area (Å²) in [5.41, 5.74) is 1.24. The number of allylic oxidation sites excluding steroid dienone is 2. The number of carbonyl (C=O) groups is 2. The first-order chi connectivity index (χ1) is 12.9. The van der Waals surface area contributed by atoms with E-state index in [9.17, 15) is 19.8 Å². The van der Waals surface area contributed by atoms with Crippen molar-refractivity contribution < 1.29 is 88.4 Å².